The quantitative estimate of drug-likeness (QED) is 0.495. The lowest BCUT2D eigenvalue weighted by Crippen LogP contribution is -2.38. The van der Waals surface area contributed by atoms with Crippen LogP contribution < -0.4 is 4.90 Å². The van der Waals surface area contributed by atoms with Gasteiger partial charge in [0.25, 0.3) is 5.69 Å². The summed E-state index contributed by atoms with van der Waals surface area (Å²) in [5, 5.41) is 20.3. The van der Waals surface area contributed by atoms with Crippen molar-refractivity contribution in [3.8, 4) is 0 Å². The van der Waals surface area contributed by atoms with Gasteiger partial charge in [0.2, 0.25) is 0 Å². The van der Waals surface area contributed by atoms with E-state index in [4.69, 9.17) is 11.6 Å². The fourth-order valence-corrected chi connectivity index (χ4v) is 2.10. The summed E-state index contributed by atoms with van der Waals surface area (Å²) in [6.45, 7) is 1.16. The molecule has 7 heteroatoms. The summed E-state index contributed by atoms with van der Waals surface area (Å²) < 4.78 is 0. The van der Waals surface area contributed by atoms with Gasteiger partial charge in [0.1, 0.15) is 11.0 Å². The van der Waals surface area contributed by atoms with Crippen LogP contribution in [0.1, 0.15) is 12.8 Å². The third-order valence-electron chi connectivity index (χ3n) is 2.70. The van der Waals surface area contributed by atoms with Gasteiger partial charge in [-0.1, -0.05) is 11.6 Å². The number of nitro groups is 1. The minimum atomic E-state index is -0.503. The Labute approximate surface area is 103 Å². The van der Waals surface area contributed by atoms with E-state index in [-0.39, 0.29) is 10.8 Å². The molecule has 6 nitrogen and oxygen atoms in total. The first-order valence-corrected chi connectivity index (χ1v) is 5.69. The van der Waals surface area contributed by atoms with Crippen LogP contribution in [-0.4, -0.2) is 34.2 Å². The normalized spacial score (nSPS) is 20.4. The second kappa shape index (κ2) is 4.85. The monoisotopic (exact) mass is 257 g/mol. The van der Waals surface area contributed by atoms with Crippen molar-refractivity contribution in [2.45, 2.75) is 18.9 Å². The highest BCUT2D eigenvalue weighted by Gasteiger charge is 2.21. The molecule has 2 rings (SSSR count). The van der Waals surface area contributed by atoms with E-state index < -0.39 is 11.0 Å². The molecule has 1 N–H and O–H groups in total. The van der Waals surface area contributed by atoms with Gasteiger partial charge >= 0.3 is 0 Å². The lowest BCUT2D eigenvalue weighted by atomic mass is 10.1. The Morgan fingerprint density at radius 3 is 3.00 bits per heavy atom. The first-order chi connectivity index (χ1) is 8.06. The molecule has 1 aromatic heterocycles. The Kier molecular flexibility index (Phi) is 3.44. The molecule has 1 atom stereocenters. The van der Waals surface area contributed by atoms with E-state index in [1.807, 2.05) is 4.90 Å². The largest absolute Gasteiger partial charge is 0.391 e. The van der Waals surface area contributed by atoms with Gasteiger partial charge < -0.3 is 10.0 Å². The van der Waals surface area contributed by atoms with Crippen LogP contribution in [0, 0.1) is 10.1 Å². The maximum absolute atomic E-state index is 10.7. The molecule has 1 fully saturated rings. The predicted octanol–water partition coefficient (Wildman–Crippen LogP) is 1.60. The minimum absolute atomic E-state index is 0.0833. The number of hydrogen-bond acceptors (Lipinski definition) is 5. The van der Waals surface area contributed by atoms with E-state index in [1.54, 1.807) is 0 Å². The molecule has 17 heavy (non-hydrogen) atoms. The highest BCUT2D eigenvalue weighted by molar-refractivity contribution is 6.29. The van der Waals surface area contributed by atoms with Crippen molar-refractivity contribution in [1.29, 1.82) is 0 Å². The number of hydrogen-bond donors (Lipinski definition) is 1. The smallest absolute Gasteiger partial charge is 0.276 e. The topological polar surface area (TPSA) is 79.5 Å². The van der Waals surface area contributed by atoms with E-state index in [2.05, 4.69) is 4.98 Å². The van der Waals surface area contributed by atoms with E-state index in [0.29, 0.717) is 12.4 Å². The molecule has 0 saturated carbocycles. The van der Waals surface area contributed by atoms with Gasteiger partial charge in [-0.05, 0) is 12.8 Å². The third-order valence-corrected chi connectivity index (χ3v) is 2.89. The lowest BCUT2D eigenvalue weighted by Gasteiger charge is -2.30. The number of anilines is 1. The van der Waals surface area contributed by atoms with Crippen LogP contribution in [-0.2, 0) is 0 Å². The Balaban J connectivity index is 2.28. The van der Waals surface area contributed by atoms with Crippen molar-refractivity contribution in [3.05, 3.63) is 27.4 Å². The molecule has 1 aliphatic rings. The Bertz CT molecular complexity index is 441. The number of rotatable bonds is 2. The van der Waals surface area contributed by atoms with Gasteiger partial charge in [-0.2, -0.15) is 0 Å². The van der Waals surface area contributed by atoms with Gasteiger partial charge in [0, 0.05) is 13.1 Å². The molecule has 92 valence electrons. The fraction of sp³-hybridized carbons (Fsp3) is 0.500. The van der Waals surface area contributed by atoms with Crippen molar-refractivity contribution in [2.75, 3.05) is 18.0 Å². The summed E-state index contributed by atoms with van der Waals surface area (Å²) in [4.78, 5) is 16.1. The molecule has 1 aromatic rings. The second-order valence-corrected chi connectivity index (χ2v) is 4.39. The third kappa shape index (κ3) is 2.83. The molecule has 0 aliphatic carbocycles. The van der Waals surface area contributed by atoms with Crippen LogP contribution in [0.4, 0.5) is 11.5 Å². The first kappa shape index (κ1) is 12.1. The van der Waals surface area contributed by atoms with Gasteiger partial charge in [-0.25, -0.2) is 4.98 Å². The molecule has 2 heterocycles. The van der Waals surface area contributed by atoms with E-state index in [9.17, 15) is 15.2 Å². The van der Waals surface area contributed by atoms with Crippen molar-refractivity contribution < 1.29 is 10.0 Å². The summed E-state index contributed by atoms with van der Waals surface area (Å²) in [6, 6.07) is 2.59. The zero-order valence-corrected chi connectivity index (χ0v) is 9.80. The number of pyridine rings is 1. The summed E-state index contributed by atoms with van der Waals surface area (Å²) in [7, 11) is 0. The van der Waals surface area contributed by atoms with Crippen LogP contribution >= 0.6 is 11.6 Å². The zero-order valence-electron chi connectivity index (χ0n) is 9.04. The molecule has 1 saturated heterocycles. The van der Waals surface area contributed by atoms with E-state index in [0.717, 1.165) is 19.4 Å². The summed E-state index contributed by atoms with van der Waals surface area (Å²) in [5.74, 6) is 0.447. The standard InChI is InChI=1S/C10H12ClN3O3/c11-9-4-7(14(16)17)5-10(12-9)13-3-1-2-8(15)6-13/h4-5,8,15H,1-3,6H2. The number of nitrogens with zero attached hydrogens (tertiary/aromatic N) is 3. The number of aromatic nitrogens is 1. The number of halogens is 1. The Morgan fingerprint density at radius 2 is 2.35 bits per heavy atom. The van der Waals surface area contributed by atoms with Crippen molar-refractivity contribution >= 4 is 23.1 Å². The van der Waals surface area contributed by atoms with Crippen LogP contribution in [0.15, 0.2) is 12.1 Å². The van der Waals surface area contributed by atoms with Crippen molar-refractivity contribution in [3.63, 3.8) is 0 Å². The lowest BCUT2D eigenvalue weighted by molar-refractivity contribution is -0.384. The summed E-state index contributed by atoms with van der Waals surface area (Å²) in [5.41, 5.74) is -0.0833. The fourth-order valence-electron chi connectivity index (χ4n) is 1.90. The minimum Gasteiger partial charge on any atom is -0.391 e. The van der Waals surface area contributed by atoms with Crippen molar-refractivity contribution in [1.82, 2.24) is 4.98 Å². The molecular weight excluding hydrogens is 246 g/mol. The maximum Gasteiger partial charge on any atom is 0.276 e. The molecule has 1 aliphatic heterocycles. The van der Waals surface area contributed by atoms with Crippen LogP contribution in [0.2, 0.25) is 5.15 Å². The average molecular weight is 258 g/mol. The number of β-amino-alcohol motifs (C(OH)–C–C–N with tert-alkyl or cyclic N) is 1. The van der Waals surface area contributed by atoms with Crippen LogP contribution in [0.5, 0.6) is 0 Å². The molecule has 1 unspecified atom stereocenters. The summed E-state index contributed by atoms with van der Waals surface area (Å²) in [6.07, 6.45) is 1.17. The average Bonchev–Trinajstić information content (AvgIpc) is 2.28. The maximum atomic E-state index is 10.7. The number of aliphatic hydroxyl groups excluding tert-OH is 1. The van der Waals surface area contributed by atoms with Gasteiger partial charge in [0.05, 0.1) is 23.2 Å². The summed E-state index contributed by atoms with van der Waals surface area (Å²) >= 11 is 5.74. The van der Waals surface area contributed by atoms with Crippen LogP contribution in [0.3, 0.4) is 0 Å². The zero-order chi connectivity index (χ0) is 12.4. The van der Waals surface area contributed by atoms with Gasteiger partial charge in [-0.15, -0.1) is 0 Å². The number of piperidine rings is 1. The molecular formula is C10H12ClN3O3. The Morgan fingerprint density at radius 1 is 1.59 bits per heavy atom. The second-order valence-electron chi connectivity index (χ2n) is 4.01. The van der Waals surface area contributed by atoms with E-state index >= 15 is 0 Å². The van der Waals surface area contributed by atoms with Gasteiger partial charge in [-0.3, -0.25) is 10.1 Å². The SMILES string of the molecule is O=[N+]([O-])c1cc(Cl)nc(N2CCCC(O)C2)c1. The Hall–Kier alpha value is -1.40. The van der Waals surface area contributed by atoms with E-state index in [1.165, 1.54) is 12.1 Å². The first-order valence-electron chi connectivity index (χ1n) is 5.31. The number of aliphatic hydroxyl groups is 1. The van der Waals surface area contributed by atoms with Crippen molar-refractivity contribution in [2.24, 2.45) is 0 Å². The highest BCUT2D eigenvalue weighted by Crippen LogP contribution is 2.25. The van der Waals surface area contributed by atoms with Gasteiger partial charge in [0.15, 0.2) is 0 Å². The molecule has 0 aromatic carbocycles. The molecule has 0 amide bonds. The molecule has 0 bridgehead atoms. The molecule has 0 spiro atoms. The predicted molar refractivity (Wildman–Crippen MR) is 63.4 cm³/mol. The van der Waals surface area contributed by atoms with Crippen LogP contribution in [0.25, 0.3) is 0 Å². The highest BCUT2D eigenvalue weighted by atomic mass is 35.5. The molecule has 0 radical (unpaired) electrons.